The molecule has 0 rings (SSSR count). The van der Waals surface area contributed by atoms with Gasteiger partial charge in [0.15, 0.2) is 0 Å². The smallest absolute Gasteiger partial charge is 0.0770 e. The van der Waals surface area contributed by atoms with Crippen molar-refractivity contribution in [2.45, 2.75) is 135 Å². The summed E-state index contributed by atoms with van der Waals surface area (Å²) in [6.07, 6.45) is 29.1. The van der Waals surface area contributed by atoms with E-state index in [0.717, 1.165) is 12.8 Å². The summed E-state index contributed by atoms with van der Waals surface area (Å²) in [5.41, 5.74) is 0. The summed E-state index contributed by atoms with van der Waals surface area (Å²) in [6, 6.07) is 0. The number of aliphatic hydroxyl groups excluding tert-OH is 2. The standard InChI is InChI=1S/C24H48O2/c1-2-3-4-5-6-7-8-9-10-11-12-13-14-15-16-17-18-19-20-21-22-24(26)23-25/h9-10,24-26H,2-8,11-23H2,1H3. The number of allylic oxidation sites excluding steroid dienone is 2. The molecular formula is C24H48O2. The van der Waals surface area contributed by atoms with E-state index in [4.69, 9.17) is 5.11 Å². The molecule has 2 N–H and O–H groups in total. The van der Waals surface area contributed by atoms with Crippen molar-refractivity contribution < 1.29 is 10.2 Å². The number of hydrogen-bond acceptors (Lipinski definition) is 2. The maximum absolute atomic E-state index is 9.26. The van der Waals surface area contributed by atoms with Crippen molar-refractivity contribution in [3.05, 3.63) is 12.2 Å². The number of hydrogen-bond donors (Lipinski definition) is 2. The highest BCUT2D eigenvalue weighted by Crippen LogP contribution is 2.13. The highest BCUT2D eigenvalue weighted by atomic mass is 16.3. The lowest BCUT2D eigenvalue weighted by Crippen LogP contribution is -2.10. The van der Waals surface area contributed by atoms with E-state index in [1.807, 2.05) is 0 Å². The highest BCUT2D eigenvalue weighted by Gasteiger charge is 2.00. The van der Waals surface area contributed by atoms with Crippen LogP contribution in [0.1, 0.15) is 129 Å². The molecule has 0 aliphatic heterocycles. The quantitative estimate of drug-likeness (QED) is 0.164. The molecular weight excluding hydrogens is 320 g/mol. The monoisotopic (exact) mass is 368 g/mol. The minimum absolute atomic E-state index is 0.0884. The molecule has 2 heteroatoms. The van der Waals surface area contributed by atoms with Crippen molar-refractivity contribution in [2.75, 3.05) is 6.61 Å². The van der Waals surface area contributed by atoms with Crippen LogP contribution in [0.2, 0.25) is 0 Å². The van der Waals surface area contributed by atoms with Gasteiger partial charge in [-0.1, -0.05) is 109 Å². The van der Waals surface area contributed by atoms with Gasteiger partial charge in [0.25, 0.3) is 0 Å². The second-order valence-corrected chi connectivity index (χ2v) is 7.98. The molecule has 0 aliphatic rings. The molecule has 0 aromatic carbocycles. The van der Waals surface area contributed by atoms with Gasteiger partial charge in [-0.05, 0) is 32.1 Å². The molecule has 0 heterocycles. The molecule has 0 aromatic heterocycles. The molecule has 1 unspecified atom stereocenters. The summed E-state index contributed by atoms with van der Waals surface area (Å²) in [5, 5.41) is 18.0. The Kier molecular flexibility index (Phi) is 22.4. The minimum atomic E-state index is -0.500. The average Bonchev–Trinajstić information content (AvgIpc) is 2.66. The van der Waals surface area contributed by atoms with E-state index in [0.29, 0.717) is 0 Å². The molecule has 0 radical (unpaired) electrons. The van der Waals surface area contributed by atoms with Crippen molar-refractivity contribution in [1.29, 1.82) is 0 Å². The largest absolute Gasteiger partial charge is 0.394 e. The fraction of sp³-hybridized carbons (Fsp3) is 0.917. The van der Waals surface area contributed by atoms with E-state index in [-0.39, 0.29) is 6.61 Å². The zero-order valence-electron chi connectivity index (χ0n) is 17.8. The van der Waals surface area contributed by atoms with Crippen LogP contribution in [0.5, 0.6) is 0 Å². The van der Waals surface area contributed by atoms with E-state index in [9.17, 15) is 5.11 Å². The lowest BCUT2D eigenvalue weighted by Gasteiger charge is -2.06. The fourth-order valence-corrected chi connectivity index (χ4v) is 3.43. The molecule has 0 aliphatic carbocycles. The van der Waals surface area contributed by atoms with Crippen LogP contribution >= 0.6 is 0 Å². The predicted molar refractivity (Wildman–Crippen MR) is 116 cm³/mol. The van der Waals surface area contributed by atoms with Gasteiger partial charge in [-0.2, -0.15) is 0 Å². The van der Waals surface area contributed by atoms with Crippen molar-refractivity contribution in [3.8, 4) is 0 Å². The number of aliphatic hydroxyl groups is 2. The number of unbranched alkanes of at least 4 members (excludes halogenated alkanes) is 16. The molecule has 0 bridgehead atoms. The van der Waals surface area contributed by atoms with E-state index in [1.165, 1.54) is 109 Å². The SMILES string of the molecule is CCCCCCCCC=CCCCCCCCCCCCCC(O)CO. The second-order valence-electron chi connectivity index (χ2n) is 7.98. The summed E-state index contributed by atoms with van der Waals surface area (Å²) in [6.45, 7) is 2.19. The van der Waals surface area contributed by atoms with Gasteiger partial charge in [0.2, 0.25) is 0 Å². The van der Waals surface area contributed by atoms with Crippen LogP contribution in [0.4, 0.5) is 0 Å². The maximum Gasteiger partial charge on any atom is 0.0770 e. The zero-order valence-corrected chi connectivity index (χ0v) is 17.8. The highest BCUT2D eigenvalue weighted by molar-refractivity contribution is 4.81. The first kappa shape index (κ1) is 25.7. The lowest BCUT2D eigenvalue weighted by molar-refractivity contribution is 0.0860. The molecule has 0 aromatic rings. The summed E-state index contributed by atoms with van der Waals surface area (Å²) in [7, 11) is 0. The van der Waals surface area contributed by atoms with Gasteiger partial charge < -0.3 is 10.2 Å². The molecule has 0 amide bonds. The van der Waals surface area contributed by atoms with Gasteiger partial charge in [-0.3, -0.25) is 0 Å². The molecule has 0 saturated carbocycles. The van der Waals surface area contributed by atoms with Crippen LogP contribution in [0.25, 0.3) is 0 Å². The van der Waals surface area contributed by atoms with Gasteiger partial charge in [0.05, 0.1) is 12.7 Å². The third kappa shape index (κ3) is 21.7. The molecule has 26 heavy (non-hydrogen) atoms. The van der Waals surface area contributed by atoms with E-state index in [2.05, 4.69) is 19.1 Å². The summed E-state index contributed by atoms with van der Waals surface area (Å²) >= 11 is 0. The van der Waals surface area contributed by atoms with Crippen molar-refractivity contribution in [3.63, 3.8) is 0 Å². The zero-order chi connectivity index (χ0) is 19.1. The first-order chi connectivity index (χ1) is 12.8. The van der Waals surface area contributed by atoms with Crippen LogP contribution in [0, 0.1) is 0 Å². The van der Waals surface area contributed by atoms with Crippen molar-refractivity contribution >= 4 is 0 Å². The van der Waals surface area contributed by atoms with Gasteiger partial charge in [0.1, 0.15) is 0 Å². The van der Waals surface area contributed by atoms with Crippen molar-refractivity contribution in [2.24, 2.45) is 0 Å². The molecule has 156 valence electrons. The van der Waals surface area contributed by atoms with Crippen LogP contribution in [-0.4, -0.2) is 22.9 Å². The fourth-order valence-electron chi connectivity index (χ4n) is 3.43. The normalized spacial score (nSPS) is 12.9. The maximum atomic E-state index is 9.26. The van der Waals surface area contributed by atoms with Gasteiger partial charge in [0, 0.05) is 0 Å². The summed E-state index contributed by atoms with van der Waals surface area (Å²) < 4.78 is 0. The molecule has 2 nitrogen and oxygen atoms in total. The van der Waals surface area contributed by atoms with E-state index in [1.54, 1.807) is 0 Å². The van der Waals surface area contributed by atoms with Crippen LogP contribution < -0.4 is 0 Å². The summed E-state index contributed by atoms with van der Waals surface area (Å²) in [5.74, 6) is 0. The Balaban J connectivity index is 3.07. The van der Waals surface area contributed by atoms with Gasteiger partial charge >= 0.3 is 0 Å². The average molecular weight is 369 g/mol. The molecule has 0 saturated heterocycles. The lowest BCUT2D eigenvalue weighted by atomic mass is 10.0. The Morgan fingerprint density at radius 2 is 0.962 bits per heavy atom. The Morgan fingerprint density at radius 1 is 0.577 bits per heavy atom. The van der Waals surface area contributed by atoms with E-state index < -0.39 is 6.10 Å². The predicted octanol–water partition coefficient (Wildman–Crippen LogP) is 7.33. The minimum Gasteiger partial charge on any atom is -0.394 e. The molecule has 1 atom stereocenters. The Morgan fingerprint density at radius 3 is 1.38 bits per heavy atom. The molecule has 0 spiro atoms. The van der Waals surface area contributed by atoms with Crippen LogP contribution in [0.3, 0.4) is 0 Å². The van der Waals surface area contributed by atoms with Crippen LogP contribution in [-0.2, 0) is 0 Å². The first-order valence-electron chi connectivity index (χ1n) is 11.7. The Bertz CT molecular complexity index is 275. The Labute approximate surface area is 164 Å². The van der Waals surface area contributed by atoms with Gasteiger partial charge in [-0.25, -0.2) is 0 Å². The number of rotatable bonds is 21. The third-order valence-electron chi connectivity index (χ3n) is 5.26. The molecule has 0 fully saturated rings. The topological polar surface area (TPSA) is 40.5 Å². The van der Waals surface area contributed by atoms with Crippen LogP contribution in [0.15, 0.2) is 12.2 Å². The second kappa shape index (κ2) is 22.7. The first-order valence-corrected chi connectivity index (χ1v) is 11.7. The van der Waals surface area contributed by atoms with E-state index >= 15 is 0 Å². The third-order valence-corrected chi connectivity index (χ3v) is 5.26. The van der Waals surface area contributed by atoms with Gasteiger partial charge in [-0.15, -0.1) is 0 Å². The Hall–Kier alpha value is -0.340. The van der Waals surface area contributed by atoms with Crippen molar-refractivity contribution in [1.82, 2.24) is 0 Å². The summed E-state index contributed by atoms with van der Waals surface area (Å²) in [4.78, 5) is 0.